The first kappa shape index (κ1) is 24.8. The number of ether oxygens (including phenoxy) is 2. The van der Waals surface area contributed by atoms with Crippen LogP contribution in [0.2, 0.25) is 0 Å². The van der Waals surface area contributed by atoms with Gasteiger partial charge in [0.15, 0.2) is 0 Å². The predicted molar refractivity (Wildman–Crippen MR) is 127 cm³/mol. The number of nitrogens with zero attached hydrogens (tertiary/aromatic N) is 1. The molecule has 2 aliphatic rings. The number of carbonyl (C=O) groups is 1. The normalized spacial score (nSPS) is 28.3. The van der Waals surface area contributed by atoms with Gasteiger partial charge in [0.25, 0.3) is 0 Å². The number of unbranched alkanes of at least 4 members (excludes halogenated alkanes) is 1. The van der Waals surface area contributed by atoms with Crippen LogP contribution in [0.1, 0.15) is 63.2 Å². The zero-order valence-corrected chi connectivity index (χ0v) is 20.4. The molecule has 0 N–H and O–H groups in total. The number of carbonyl (C=O) groups excluding carboxylic acids is 1. The average Bonchev–Trinajstić information content (AvgIpc) is 3.00. The zero-order chi connectivity index (χ0) is 24.3. The van der Waals surface area contributed by atoms with Crippen LogP contribution in [0.4, 0.5) is 8.78 Å². The van der Waals surface area contributed by atoms with Crippen LogP contribution in [0.15, 0.2) is 48.5 Å². The van der Waals surface area contributed by atoms with Crippen LogP contribution in [0.5, 0.6) is 0 Å². The summed E-state index contributed by atoms with van der Waals surface area (Å²) in [5.74, 6) is -1.23. The van der Waals surface area contributed by atoms with Crippen molar-refractivity contribution in [2.75, 3.05) is 20.2 Å². The van der Waals surface area contributed by atoms with Crippen molar-refractivity contribution in [2.24, 2.45) is 5.92 Å². The van der Waals surface area contributed by atoms with Crippen molar-refractivity contribution < 1.29 is 27.5 Å². The average molecular weight is 473 g/mol. The van der Waals surface area contributed by atoms with Gasteiger partial charge in [-0.25, -0.2) is 8.78 Å². The van der Waals surface area contributed by atoms with Gasteiger partial charge in [-0.15, -0.1) is 0 Å². The van der Waals surface area contributed by atoms with Gasteiger partial charge >= 0.3 is 5.97 Å². The number of halogens is 2. The highest BCUT2D eigenvalue weighted by atomic mass is 19.1. The summed E-state index contributed by atoms with van der Waals surface area (Å²) in [4.78, 5) is 13.3. The fourth-order valence-corrected chi connectivity index (χ4v) is 6.13. The molecule has 0 amide bonds. The van der Waals surface area contributed by atoms with E-state index in [-0.39, 0.29) is 35.7 Å². The molecular formula is C28H36F2NO3+. The lowest BCUT2D eigenvalue weighted by atomic mass is 9.84. The molecule has 2 aliphatic heterocycles. The summed E-state index contributed by atoms with van der Waals surface area (Å²) in [6.45, 7) is 5.41. The maximum absolute atomic E-state index is 13.7. The molecule has 2 heterocycles. The number of piperidine rings is 1. The molecule has 2 unspecified atom stereocenters. The van der Waals surface area contributed by atoms with Crippen LogP contribution < -0.4 is 0 Å². The lowest BCUT2D eigenvalue weighted by Crippen LogP contribution is -2.65. The topological polar surface area (TPSA) is 35.5 Å². The quantitative estimate of drug-likeness (QED) is 0.342. The van der Waals surface area contributed by atoms with E-state index in [1.165, 1.54) is 24.3 Å². The molecular weight excluding hydrogens is 436 g/mol. The number of benzene rings is 2. The van der Waals surface area contributed by atoms with Crippen LogP contribution in [-0.4, -0.2) is 48.8 Å². The van der Waals surface area contributed by atoms with Crippen molar-refractivity contribution in [2.45, 2.75) is 70.2 Å². The molecule has 2 aromatic rings. The number of rotatable bonds is 9. The van der Waals surface area contributed by atoms with E-state index in [0.29, 0.717) is 12.6 Å². The standard InChI is InChI=1S/C28H36F2NO3/c1-4-6-17-31(3)23-15-16-24(31)26(28(32)33-5-2)25(18-23)34-27(19-7-11-21(29)12-8-19)20-9-13-22(30)14-10-20/h7-14,23-27H,4-6,15-18H2,1-3H3/q+1/t23?,24?,25-,26-,31-/m1/s1. The molecule has 2 saturated heterocycles. The lowest BCUT2D eigenvalue weighted by Gasteiger charge is -2.50. The van der Waals surface area contributed by atoms with Crippen molar-refractivity contribution >= 4 is 5.97 Å². The molecule has 6 heteroatoms. The van der Waals surface area contributed by atoms with Crippen LogP contribution in [-0.2, 0) is 14.3 Å². The summed E-state index contributed by atoms with van der Waals surface area (Å²) in [6, 6.07) is 13.0. The Hall–Kier alpha value is -2.31. The Morgan fingerprint density at radius 2 is 1.59 bits per heavy atom. The number of fused-ring (bicyclic) bond motifs is 2. The highest BCUT2D eigenvalue weighted by molar-refractivity contribution is 5.74. The molecule has 2 fully saturated rings. The fourth-order valence-electron chi connectivity index (χ4n) is 6.13. The van der Waals surface area contributed by atoms with Crippen LogP contribution >= 0.6 is 0 Å². The third-order valence-corrected chi connectivity index (χ3v) is 7.92. The summed E-state index contributed by atoms with van der Waals surface area (Å²) in [5.41, 5.74) is 1.55. The smallest absolute Gasteiger partial charge is 0.317 e. The molecule has 184 valence electrons. The minimum Gasteiger partial charge on any atom is -0.466 e. The van der Waals surface area contributed by atoms with Crippen molar-refractivity contribution in [3.63, 3.8) is 0 Å². The number of quaternary nitrogens is 1. The second-order valence-electron chi connectivity index (χ2n) is 9.89. The molecule has 4 nitrogen and oxygen atoms in total. The maximum Gasteiger partial charge on any atom is 0.317 e. The SMILES string of the molecule is CCCC[N@+]1(C)C2CCC1[C@@H](C(=O)OCC)[C@H](OC(c1ccc(F)cc1)c1ccc(F)cc1)C2. The van der Waals surface area contributed by atoms with E-state index < -0.39 is 6.10 Å². The first-order valence-electron chi connectivity index (χ1n) is 12.5. The second-order valence-corrected chi connectivity index (χ2v) is 9.89. The van der Waals surface area contributed by atoms with Crippen molar-refractivity contribution in [3.8, 4) is 0 Å². The molecule has 0 radical (unpaired) electrons. The second kappa shape index (κ2) is 10.5. The minimum atomic E-state index is -0.532. The first-order chi connectivity index (χ1) is 16.4. The molecule has 34 heavy (non-hydrogen) atoms. The van der Waals surface area contributed by atoms with Gasteiger partial charge in [0.1, 0.15) is 29.7 Å². The van der Waals surface area contributed by atoms with Crippen molar-refractivity contribution in [1.29, 1.82) is 0 Å². The van der Waals surface area contributed by atoms with E-state index in [1.54, 1.807) is 24.3 Å². The lowest BCUT2D eigenvalue weighted by molar-refractivity contribution is -0.952. The minimum absolute atomic E-state index is 0.149. The first-order valence-corrected chi connectivity index (χ1v) is 12.5. The van der Waals surface area contributed by atoms with Gasteiger partial charge in [0.2, 0.25) is 0 Å². The van der Waals surface area contributed by atoms with E-state index in [9.17, 15) is 13.6 Å². The molecule has 2 aromatic carbocycles. The monoisotopic (exact) mass is 472 g/mol. The van der Waals surface area contributed by atoms with Gasteiger partial charge in [0, 0.05) is 19.3 Å². The van der Waals surface area contributed by atoms with E-state index in [0.717, 1.165) is 54.3 Å². The largest absolute Gasteiger partial charge is 0.466 e. The summed E-state index contributed by atoms with van der Waals surface area (Å²) < 4.78 is 40.5. The molecule has 0 aliphatic carbocycles. The van der Waals surface area contributed by atoms with Gasteiger partial charge in [-0.05, 0) is 48.7 Å². The van der Waals surface area contributed by atoms with Gasteiger partial charge in [-0.1, -0.05) is 37.6 Å². The van der Waals surface area contributed by atoms with Gasteiger partial charge in [-0.2, -0.15) is 0 Å². The Labute approximate surface area is 201 Å². The summed E-state index contributed by atoms with van der Waals surface area (Å²) in [7, 11) is 2.29. The third-order valence-electron chi connectivity index (χ3n) is 7.92. The zero-order valence-electron chi connectivity index (χ0n) is 20.4. The predicted octanol–water partition coefficient (Wildman–Crippen LogP) is 5.80. The molecule has 4 rings (SSSR count). The number of esters is 1. The molecule has 0 saturated carbocycles. The molecule has 5 atom stereocenters. The van der Waals surface area contributed by atoms with E-state index in [1.807, 2.05) is 6.92 Å². The van der Waals surface area contributed by atoms with Crippen LogP contribution in [0.3, 0.4) is 0 Å². The van der Waals surface area contributed by atoms with E-state index in [2.05, 4.69) is 14.0 Å². The van der Waals surface area contributed by atoms with E-state index >= 15 is 0 Å². The highest BCUT2D eigenvalue weighted by Gasteiger charge is 2.59. The Morgan fingerprint density at radius 1 is 1.00 bits per heavy atom. The van der Waals surface area contributed by atoms with Gasteiger partial charge < -0.3 is 14.0 Å². The Balaban J connectivity index is 1.68. The number of hydrogen-bond acceptors (Lipinski definition) is 3. The molecule has 0 aromatic heterocycles. The third kappa shape index (κ3) is 4.89. The molecule has 0 spiro atoms. The Morgan fingerprint density at radius 3 is 2.12 bits per heavy atom. The van der Waals surface area contributed by atoms with E-state index in [4.69, 9.17) is 9.47 Å². The summed E-state index contributed by atoms with van der Waals surface area (Å²) >= 11 is 0. The van der Waals surface area contributed by atoms with Crippen LogP contribution in [0, 0.1) is 17.6 Å². The van der Waals surface area contributed by atoms with Crippen molar-refractivity contribution in [1.82, 2.24) is 0 Å². The Kier molecular flexibility index (Phi) is 7.68. The number of hydrogen-bond donors (Lipinski definition) is 0. The summed E-state index contributed by atoms with van der Waals surface area (Å²) in [5, 5.41) is 0. The van der Waals surface area contributed by atoms with Gasteiger partial charge in [0.05, 0.1) is 32.3 Å². The maximum atomic E-state index is 13.7. The summed E-state index contributed by atoms with van der Waals surface area (Å²) in [6.07, 6.45) is 4.19. The molecule has 2 bridgehead atoms. The van der Waals surface area contributed by atoms with Crippen molar-refractivity contribution in [3.05, 3.63) is 71.3 Å². The van der Waals surface area contributed by atoms with Crippen LogP contribution in [0.25, 0.3) is 0 Å². The highest BCUT2D eigenvalue weighted by Crippen LogP contribution is 2.47. The van der Waals surface area contributed by atoms with Gasteiger partial charge in [-0.3, -0.25) is 4.79 Å². The fraction of sp³-hybridized carbons (Fsp3) is 0.536. The Bertz CT molecular complexity index is 919.